The molecule has 0 spiro atoms. The van der Waals surface area contributed by atoms with Crippen LogP contribution < -0.4 is 10.9 Å². The number of halogens is 2. The van der Waals surface area contributed by atoms with Gasteiger partial charge in [0.2, 0.25) is 5.91 Å². The third kappa shape index (κ3) is 3.79. The maximum absolute atomic E-state index is 13.2. The highest BCUT2D eigenvalue weighted by molar-refractivity contribution is 7.99. The van der Waals surface area contributed by atoms with Gasteiger partial charge in [0.15, 0.2) is 10.8 Å². The van der Waals surface area contributed by atoms with Crippen LogP contribution in [-0.4, -0.2) is 31.0 Å². The highest BCUT2D eigenvalue weighted by Crippen LogP contribution is 2.34. The Bertz CT molecular complexity index is 1430. The van der Waals surface area contributed by atoms with Crippen molar-refractivity contribution in [3.8, 4) is 5.69 Å². The molecule has 32 heavy (non-hydrogen) atoms. The number of nitrogens with zero attached hydrogens (tertiary/aromatic N) is 4. The fourth-order valence-electron chi connectivity index (χ4n) is 3.67. The molecule has 3 heterocycles. The van der Waals surface area contributed by atoms with E-state index in [1.165, 1.54) is 18.0 Å². The van der Waals surface area contributed by atoms with Crippen molar-refractivity contribution in [2.24, 2.45) is 0 Å². The number of amides is 1. The molecule has 1 atom stereocenters. The minimum absolute atomic E-state index is 0.154. The monoisotopic (exact) mass is 485 g/mol. The number of nitrogens with one attached hydrogen (secondary N) is 1. The molecule has 0 saturated carbocycles. The highest BCUT2D eigenvalue weighted by atomic mass is 35.5. The molecule has 2 aromatic carbocycles. The van der Waals surface area contributed by atoms with Gasteiger partial charge in [0.05, 0.1) is 17.9 Å². The van der Waals surface area contributed by atoms with E-state index in [1.54, 1.807) is 33.5 Å². The van der Waals surface area contributed by atoms with Crippen LogP contribution in [0, 0.1) is 6.92 Å². The summed E-state index contributed by atoms with van der Waals surface area (Å²) < 4.78 is 3.20. The molecule has 4 aromatic rings. The van der Waals surface area contributed by atoms with Crippen molar-refractivity contribution in [2.45, 2.75) is 24.5 Å². The molecule has 1 aliphatic rings. The van der Waals surface area contributed by atoms with Crippen LogP contribution in [0.25, 0.3) is 16.7 Å². The van der Waals surface area contributed by atoms with E-state index in [4.69, 9.17) is 23.2 Å². The van der Waals surface area contributed by atoms with Gasteiger partial charge < -0.3 is 5.32 Å². The first-order chi connectivity index (χ1) is 15.4. The largest absolute Gasteiger partial charge is 0.326 e. The van der Waals surface area contributed by atoms with E-state index in [1.807, 2.05) is 25.1 Å². The Morgan fingerprint density at radius 2 is 2.09 bits per heavy atom. The fraction of sp³-hybridized carbons (Fsp3) is 0.182. The number of carbonyl (C=O) groups excluding carboxylic acids is 1. The predicted molar refractivity (Wildman–Crippen MR) is 127 cm³/mol. The highest BCUT2D eigenvalue weighted by Gasteiger charge is 2.29. The van der Waals surface area contributed by atoms with Crippen molar-refractivity contribution in [3.63, 3.8) is 0 Å². The normalized spacial score (nSPS) is 15.2. The van der Waals surface area contributed by atoms with Crippen LogP contribution in [0.15, 0.2) is 58.6 Å². The molecule has 0 saturated heterocycles. The van der Waals surface area contributed by atoms with Gasteiger partial charge in [0, 0.05) is 27.9 Å². The standard InChI is InChI=1S/C22H17Cl2N5O2S/c1-12-5-6-14(8-18(12)24)26-19(30)9-16-11-32-22-27-20-17(21(31)28(16)22)10-25-29(20)15-4-2-3-13(23)7-15/h2-8,10,16H,9,11H2,1H3,(H,26,30). The molecule has 0 radical (unpaired) electrons. The molecule has 0 bridgehead atoms. The number of aryl methyl sites for hydroxylation is 1. The number of fused-ring (bicyclic) bond motifs is 2. The summed E-state index contributed by atoms with van der Waals surface area (Å²) in [5.41, 5.74) is 2.54. The molecule has 7 nitrogen and oxygen atoms in total. The summed E-state index contributed by atoms with van der Waals surface area (Å²) in [5, 5.41) is 9.33. The van der Waals surface area contributed by atoms with Crippen molar-refractivity contribution in [1.82, 2.24) is 19.3 Å². The lowest BCUT2D eigenvalue weighted by molar-refractivity contribution is -0.116. The smallest absolute Gasteiger partial charge is 0.265 e. The Kier molecular flexibility index (Phi) is 5.44. The van der Waals surface area contributed by atoms with Gasteiger partial charge in [-0.05, 0) is 42.8 Å². The third-order valence-electron chi connectivity index (χ3n) is 5.30. The third-order valence-corrected chi connectivity index (χ3v) is 7.04. The minimum Gasteiger partial charge on any atom is -0.326 e. The Hall–Kier alpha value is -2.81. The van der Waals surface area contributed by atoms with Crippen molar-refractivity contribution >= 4 is 57.6 Å². The maximum Gasteiger partial charge on any atom is 0.265 e. The average molecular weight is 486 g/mol. The van der Waals surface area contributed by atoms with Crippen LogP contribution in [0.1, 0.15) is 18.0 Å². The molecule has 0 fully saturated rings. The first-order valence-corrected chi connectivity index (χ1v) is 11.6. The van der Waals surface area contributed by atoms with Crippen molar-refractivity contribution in [2.75, 3.05) is 11.1 Å². The lowest BCUT2D eigenvalue weighted by Crippen LogP contribution is -2.27. The molecule has 5 rings (SSSR count). The van der Waals surface area contributed by atoms with Gasteiger partial charge in [0.25, 0.3) is 5.56 Å². The fourth-order valence-corrected chi connectivity index (χ4v) is 5.17. The number of hydrogen-bond acceptors (Lipinski definition) is 5. The van der Waals surface area contributed by atoms with Crippen LogP contribution in [0.2, 0.25) is 10.0 Å². The van der Waals surface area contributed by atoms with E-state index >= 15 is 0 Å². The first-order valence-electron chi connectivity index (χ1n) is 9.86. The number of anilines is 1. The summed E-state index contributed by atoms with van der Waals surface area (Å²) in [4.78, 5) is 30.6. The summed E-state index contributed by atoms with van der Waals surface area (Å²) in [7, 11) is 0. The SMILES string of the molecule is Cc1ccc(NC(=O)CC2CSc3nc4c(cnn4-c4cccc(Cl)c4)c(=O)n32)cc1Cl. The van der Waals surface area contributed by atoms with Gasteiger partial charge in [-0.3, -0.25) is 14.2 Å². The summed E-state index contributed by atoms with van der Waals surface area (Å²) in [6.07, 6.45) is 1.66. The zero-order valence-electron chi connectivity index (χ0n) is 16.9. The summed E-state index contributed by atoms with van der Waals surface area (Å²) in [6, 6.07) is 12.3. The summed E-state index contributed by atoms with van der Waals surface area (Å²) in [6.45, 7) is 1.90. The zero-order valence-corrected chi connectivity index (χ0v) is 19.2. The Balaban J connectivity index is 1.44. The van der Waals surface area contributed by atoms with E-state index in [0.29, 0.717) is 37.7 Å². The topological polar surface area (TPSA) is 81.8 Å². The molecular formula is C22H17Cl2N5O2S. The van der Waals surface area contributed by atoms with Crippen LogP contribution in [-0.2, 0) is 4.79 Å². The van der Waals surface area contributed by atoms with E-state index < -0.39 is 0 Å². The molecule has 10 heteroatoms. The molecule has 0 aliphatic carbocycles. The van der Waals surface area contributed by atoms with Crippen molar-refractivity contribution in [3.05, 3.63) is 74.6 Å². The second-order valence-corrected chi connectivity index (χ2v) is 9.35. The molecule has 2 aromatic heterocycles. The lowest BCUT2D eigenvalue weighted by Gasteiger charge is -2.14. The average Bonchev–Trinajstić information content (AvgIpc) is 3.36. The first kappa shape index (κ1) is 21.1. The molecule has 1 unspecified atom stereocenters. The summed E-state index contributed by atoms with van der Waals surface area (Å²) in [5.74, 6) is 0.395. The van der Waals surface area contributed by atoms with Gasteiger partial charge in [-0.1, -0.05) is 47.1 Å². The van der Waals surface area contributed by atoms with Crippen molar-refractivity contribution in [1.29, 1.82) is 0 Å². The van der Waals surface area contributed by atoms with E-state index in [-0.39, 0.29) is 23.9 Å². The van der Waals surface area contributed by atoms with E-state index in [0.717, 1.165) is 11.3 Å². The molecule has 1 N–H and O–H groups in total. The van der Waals surface area contributed by atoms with E-state index in [2.05, 4.69) is 15.4 Å². The second kappa shape index (κ2) is 8.27. The minimum atomic E-state index is -0.296. The van der Waals surface area contributed by atoms with Gasteiger partial charge >= 0.3 is 0 Å². The molecule has 1 amide bonds. The number of carbonyl (C=O) groups is 1. The number of thioether (sulfide) groups is 1. The lowest BCUT2D eigenvalue weighted by atomic mass is 10.2. The predicted octanol–water partition coefficient (Wildman–Crippen LogP) is 4.87. The quantitative estimate of drug-likeness (QED) is 0.416. The second-order valence-electron chi connectivity index (χ2n) is 7.52. The van der Waals surface area contributed by atoms with Crippen LogP contribution in [0.5, 0.6) is 0 Å². The number of rotatable bonds is 4. The maximum atomic E-state index is 13.2. The number of hydrogen-bond donors (Lipinski definition) is 1. The summed E-state index contributed by atoms with van der Waals surface area (Å²) >= 11 is 13.7. The van der Waals surface area contributed by atoms with Crippen molar-refractivity contribution < 1.29 is 4.79 Å². The van der Waals surface area contributed by atoms with Gasteiger partial charge in [-0.25, -0.2) is 9.67 Å². The number of benzene rings is 2. The van der Waals surface area contributed by atoms with Gasteiger partial charge in [-0.15, -0.1) is 0 Å². The van der Waals surface area contributed by atoms with Crippen LogP contribution in [0.3, 0.4) is 0 Å². The molecule has 1 aliphatic heterocycles. The molecule has 162 valence electrons. The van der Waals surface area contributed by atoms with Gasteiger partial charge in [-0.2, -0.15) is 5.10 Å². The molecular weight excluding hydrogens is 469 g/mol. The number of aromatic nitrogens is 4. The Morgan fingerprint density at radius 1 is 1.25 bits per heavy atom. The van der Waals surface area contributed by atoms with Gasteiger partial charge in [0.1, 0.15) is 5.39 Å². The van der Waals surface area contributed by atoms with Crippen LogP contribution in [0.4, 0.5) is 5.69 Å². The van der Waals surface area contributed by atoms with E-state index in [9.17, 15) is 9.59 Å². The Labute approximate surface area is 197 Å². The zero-order chi connectivity index (χ0) is 22.4. The van der Waals surface area contributed by atoms with Crippen LogP contribution >= 0.6 is 35.0 Å². The Morgan fingerprint density at radius 3 is 2.88 bits per heavy atom.